The van der Waals surface area contributed by atoms with E-state index in [0.717, 1.165) is 5.56 Å². The average molecular weight is 207 g/mol. The van der Waals surface area contributed by atoms with Crippen molar-refractivity contribution in [2.24, 2.45) is 0 Å². The summed E-state index contributed by atoms with van der Waals surface area (Å²) in [5.74, 6) is 0.611. The van der Waals surface area contributed by atoms with Crippen LogP contribution in [-0.4, -0.2) is 11.0 Å². The third-order valence-electron chi connectivity index (χ3n) is 2.18. The standard InChI is InChI=1S/C12H17NO2/c1-5-6-10-7-13(12(2,3)4)8-11(10)15-9-14/h5,7-9H,1,6H2,2-4H3. The number of hydrogen-bond acceptors (Lipinski definition) is 2. The second-order valence-electron chi connectivity index (χ2n) is 4.43. The van der Waals surface area contributed by atoms with Crippen molar-refractivity contribution in [3.8, 4) is 5.75 Å². The SMILES string of the molecule is C=CCc1cn(C(C)(C)C)cc1OC=O. The molecular formula is C12H17NO2. The van der Waals surface area contributed by atoms with Gasteiger partial charge in [-0.3, -0.25) is 4.79 Å². The summed E-state index contributed by atoms with van der Waals surface area (Å²) in [7, 11) is 0. The molecule has 0 unspecified atom stereocenters. The minimum atomic E-state index is -0.0135. The minimum absolute atomic E-state index is 0.0135. The smallest absolute Gasteiger partial charge is 0.298 e. The molecule has 1 aromatic heterocycles. The van der Waals surface area contributed by atoms with E-state index in [-0.39, 0.29) is 5.54 Å². The van der Waals surface area contributed by atoms with Crippen LogP contribution >= 0.6 is 0 Å². The second kappa shape index (κ2) is 4.34. The Morgan fingerprint density at radius 2 is 2.13 bits per heavy atom. The summed E-state index contributed by atoms with van der Waals surface area (Å²) in [6.45, 7) is 10.4. The summed E-state index contributed by atoms with van der Waals surface area (Å²) in [5.41, 5.74) is 0.965. The van der Waals surface area contributed by atoms with Crippen molar-refractivity contribution in [2.75, 3.05) is 0 Å². The van der Waals surface area contributed by atoms with Crippen LogP contribution in [0.15, 0.2) is 25.0 Å². The number of nitrogens with zero attached hydrogens (tertiary/aromatic N) is 1. The van der Waals surface area contributed by atoms with Gasteiger partial charge in [-0.25, -0.2) is 0 Å². The van der Waals surface area contributed by atoms with Gasteiger partial charge < -0.3 is 9.30 Å². The first-order valence-electron chi connectivity index (χ1n) is 4.91. The van der Waals surface area contributed by atoms with E-state index < -0.39 is 0 Å². The second-order valence-corrected chi connectivity index (χ2v) is 4.43. The number of ether oxygens (including phenoxy) is 1. The van der Waals surface area contributed by atoms with Gasteiger partial charge >= 0.3 is 0 Å². The highest BCUT2D eigenvalue weighted by Crippen LogP contribution is 2.25. The first-order valence-corrected chi connectivity index (χ1v) is 4.91. The topological polar surface area (TPSA) is 31.2 Å². The first kappa shape index (κ1) is 11.6. The fourth-order valence-electron chi connectivity index (χ4n) is 1.33. The van der Waals surface area contributed by atoms with Crippen molar-refractivity contribution in [1.82, 2.24) is 4.57 Å². The number of aromatic nitrogens is 1. The lowest BCUT2D eigenvalue weighted by Crippen LogP contribution is -2.19. The molecule has 0 amide bonds. The molecule has 0 bridgehead atoms. The molecule has 0 aliphatic carbocycles. The summed E-state index contributed by atoms with van der Waals surface area (Å²) >= 11 is 0. The number of carbonyl (C=O) groups excluding carboxylic acids is 1. The van der Waals surface area contributed by atoms with E-state index in [0.29, 0.717) is 18.6 Å². The van der Waals surface area contributed by atoms with E-state index in [9.17, 15) is 4.79 Å². The summed E-state index contributed by atoms with van der Waals surface area (Å²) in [4.78, 5) is 10.3. The molecule has 0 atom stereocenters. The monoisotopic (exact) mass is 207 g/mol. The van der Waals surface area contributed by atoms with E-state index in [2.05, 4.69) is 27.4 Å². The quantitative estimate of drug-likeness (QED) is 0.561. The van der Waals surface area contributed by atoms with Gasteiger partial charge in [-0.1, -0.05) is 6.08 Å². The van der Waals surface area contributed by atoms with Gasteiger partial charge in [0.2, 0.25) is 0 Å². The maximum atomic E-state index is 10.3. The van der Waals surface area contributed by atoms with Crippen molar-refractivity contribution >= 4 is 6.47 Å². The Hall–Kier alpha value is -1.51. The molecular weight excluding hydrogens is 190 g/mol. The maximum Gasteiger partial charge on any atom is 0.298 e. The van der Waals surface area contributed by atoms with Crippen LogP contribution in [0.3, 0.4) is 0 Å². The van der Waals surface area contributed by atoms with Crippen molar-refractivity contribution in [3.05, 3.63) is 30.6 Å². The van der Waals surface area contributed by atoms with Gasteiger partial charge in [-0.15, -0.1) is 6.58 Å². The molecule has 0 spiro atoms. The van der Waals surface area contributed by atoms with E-state index in [4.69, 9.17) is 4.74 Å². The molecule has 0 fully saturated rings. The molecule has 0 saturated carbocycles. The highest BCUT2D eigenvalue weighted by atomic mass is 16.5. The lowest BCUT2D eigenvalue weighted by molar-refractivity contribution is -0.120. The highest BCUT2D eigenvalue weighted by Gasteiger charge is 2.16. The van der Waals surface area contributed by atoms with E-state index in [1.807, 2.05) is 17.0 Å². The zero-order valence-corrected chi connectivity index (χ0v) is 9.49. The Morgan fingerprint density at radius 1 is 1.47 bits per heavy atom. The van der Waals surface area contributed by atoms with Crippen LogP contribution in [0, 0.1) is 0 Å². The molecule has 82 valence electrons. The van der Waals surface area contributed by atoms with Gasteiger partial charge in [0.05, 0.1) is 0 Å². The summed E-state index contributed by atoms with van der Waals surface area (Å²) < 4.78 is 6.95. The van der Waals surface area contributed by atoms with Crippen LogP contribution in [0.4, 0.5) is 0 Å². The maximum absolute atomic E-state index is 10.3. The molecule has 0 aliphatic rings. The fourth-order valence-corrected chi connectivity index (χ4v) is 1.33. The number of hydrogen-bond donors (Lipinski definition) is 0. The Morgan fingerprint density at radius 3 is 2.60 bits per heavy atom. The Labute approximate surface area is 90.4 Å². The van der Waals surface area contributed by atoms with Gasteiger partial charge in [-0.05, 0) is 27.2 Å². The van der Waals surface area contributed by atoms with E-state index in [1.54, 1.807) is 6.08 Å². The van der Waals surface area contributed by atoms with E-state index in [1.165, 1.54) is 0 Å². The Bertz CT molecular complexity index is 331. The zero-order valence-electron chi connectivity index (χ0n) is 9.49. The number of rotatable bonds is 4. The largest absolute Gasteiger partial charge is 0.427 e. The van der Waals surface area contributed by atoms with Crippen molar-refractivity contribution in [1.29, 1.82) is 0 Å². The molecule has 1 rings (SSSR count). The fraction of sp³-hybridized carbons (Fsp3) is 0.417. The summed E-state index contributed by atoms with van der Waals surface area (Å²) in [6.07, 6.45) is 6.32. The molecule has 0 radical (unpaired) electrons. The lowest BCUT2D eigenvalue weighted by atomic mass is 10.1. The molecule has 1 aromatic rings. The molecule has 0 N–H and O–H groups in total. The van der Waals surface area contributed by atoms with Gasteiger partial charge in [-0.2, -0.15) is 0 Å². The average Bonchev–Trinajstić information content (AvgIpc) is 2.50. The van der Waals surface area contributed by atoms with Gasteiger partial charge in [0.15, 0.2) is 5.75 Å². The van der Waals surface area contributed by atoms with Crippen LogP contribution < -0.4 is 4.74 Å². The highest BCUT2D eigenvalue weighted by molar-refractivity contribution is 5.47. The predicted octanol–water partition coefficient (Wildman–Crippen LogP) is 2.51. The van der Waals surface area contributed by atoms with Gasteiger partial charge in [0.25, 0.3) is 6.47 Å². The first-order chi connectivity index (χ1) is 6.99. The molecule has 3 heteroatoms. The van der Waals surface area contributed by atoms with Crippen molar-refractivity contribution < 1.29 is 9.53 Å². The van der Waals surface area contributed by atoms with Crippen LogP contribution in [0.2, 0.25) is 0 Å². The van der Waals surface area contributed by atoms with Crippen LogP contribution in [0.5, 0.6) is 5.75 Å². The molecule has 1 heterocycles. The van der Waals surface area contributed by atoms with E-state index >= 15 is 0 Å². The third kappa shape index (κ3) is 2.72. The van der Waals surface area contributed by atoms with Crippen LogP contribution in [0.1, 0.15) is 26.3 Å². The lowest BCUT2D eigenvalue weighted by Gasteiger charge is -2.20. The van der Waals surface area contributed by atoms with Crippen LogP contribution in [-0.2, 0) is 16.8 Å². The molecule has 3 nitrogen and oxygen atoms in total. The predicted molar refractivity (Wildman–Crippen MR) is 60.0 cm³/mol. The molecule has 0 saturated heterocycles. The zero-order chi connectivity index (χ0) is 11.5. The molecule has 15 heavy (non-hydrogen) atoms. The van der Waals surface area contributed by atoms with Gasteiger partial charge in [0.1, 0.15) is 0 Å². The number of allylic oxidation sites excluding steroid dienone is 1. The van der Waals surface area contributed by atoms with Gasteiger partial charge in [0, 0.05) is 23.5 Å². The summed E-state index contributed by atoms with van der Waals surface area (Å²) in [5, 5.41) is 0. The minimum Gasteiger partial charge on any atom is -0.427 e. The normalized spacial score (nSPS) is 11.1. The van der Waals surface area contributed by atoms with Crippen molar-refractivity contribution in [3.63, 3.8) is 0 Å². The molecule has 0 aromatic carbocycles. The summed E-state index contributed by atoms with van der Waals surface area (Å²) in [6, 6.07) is 0. The van der Waals surface area contributed by atoms with Crippen LogP contribution in [0.25, 0.3) is 0 Å². The Kier molecular flexibility index (Phi) is 3.35. The Balaban J connectivity index is 3.08. The third-order valence-corrected chi connectivity index (χ3v) is 2.18. The molecule has 0 aliphatic heterocycles. The van der Waals surface area contributed by atoms with Crippen molar-refractivity contribution in [2.45, 2.75) is 32.7 Å². The number of carbonyl (C=O) groups is 1.